The number of nitrogens with zero attached hydrogens (tertiary/aromatic N) is 1. The zero-order valence-corrected chi connectivity index (χ0v) is 9.99. The van der Waals surface area contributed by atoms with Gasteiger partial charge < -0.3 is 10.5 Å². The van der Waals surface area contributed by atoms with Gasteiger partial charge in [0.05, 0.1) is 11.5 Å². The molecule has 1 rings (SSSR count). The van der Waals surface area contributed by atoms with Crippen LogP contribution >= 0.6 is 0 Å². The van der Waals surface area contributed by atoms with E-state index in [9.17, 15) is 8.42 Å². The van der Waals surface area contributed by atoms with Gasteiger partial charge in [-0.2, -0.15) is 0 Å². The standard InChI is InChI=1S/C9H15N3O3S/c1-7(6-15-2)12-16(13,14)8-3-4-11-9(10)5-8/h3-5,7,12H,6H2,1-2H3,(H2,10,11). The number of ether oxygens (including phenoxy) is 1. The van der Waals surface area contributed by atoms with Crippen molar-refractivity contribution in [3.05, 3.63) is 18.3 Å². The van der Waals surface area contributed by atoms with Gasteiger partial charge in [-0.25, -0.2) is 18.1 Å². The monoisotopic (exact) mass is 245 g/mol. The average molecular weight is 245 g/mol. The van der Waals surface area contributed by atoms with Crippen LogP contribution in [0.5, 0.6) is 0 Å². The van der Waals surface area contributed by atoms with Gasteiger partial charge >= 0.3 is 0 Å². The maximum Gasteiger partial charge on any atom is 0.241 e. The Morgan fingerprint density at radius 3 is 2.88 bits per heavy atom. The fourth-order valence-corrected chi connectivity index (χ4v) is 2.46. The molecular weight excluding hydrogens is 230 g/mol. The first-order valence-electron chi connectivity index (χ1n) is 4.68. The first-order chi connectivity index (χ1) is 7.45. The van der Waals surface area contributed by atoms with Gasteiger partial charge in [0.2, 0.25) is 10.0 Å². The molecular formula is C9H15N3O3S. The van der Waals surface area contributed by atoms with Gasteiger partial charge in [-0.15, -0.1) is 0 Å². The van der Waals surface area contributed by atoms with Crippen LogP contribution in [-0.2, 0) is 14.8 Å². The summed E-state index contributed by atoms with van der Waals surface area (Å²) >= 11 is 0. The number of nitrogens with one attached hydrogen (secondary N) is 1. The fraction of sp³-hybridized carbons (Fsp3) is 0.444. The third-order valence-corrected chi connectivity index (χ3v) is 3.42. The molecule has 0 saturated heterocycles. The van der Waals surface area contributed by atoms with E-state index in [1.54, 1.807) is 6.92 Å². The smallest absolute Gasteiger partial charge is 0.241 e. The minimum absolute atomic E-state index is 0.1000. The maximum absolute atomic E-state index is 11.8. The van der Waals surface area contributed by atoms with Gasteiger partial charge in [0.15, 0.2) is 0 Å². The molecule has 90 valence electrons. The number of hydrogen-bond acceptors (Lipinski definition) is 5. The third kappa shape index (κ3) is 3.44. The lowest BCUT2D eigenvalue weighted by Crippen LogP contribution is -2.35. The number of pyridine rings is 1. The van der Waals surface area contributed by atoms with Gasteiger partial charge in [-0.3, -0.25) is 0 Å². The molecule has 1 aromatic rings. The van der Waals surface area contributed by atoms with E-state index < -0.39 is 10.0 Å². The number of rotatable bonds is 5. The number of anilines is 1. The van der Waals surface area contributed by atoms with Crippen LogP contribution in [0.15, 0.2) is 23.2 Å². The van der Waals surface area contributed by atoms with E-state index >= 15 is 0 Å². The predicted octanol–water partition coefficient (Wildman–Crippen LogP) is -0.0230. The number of nitrogen functional groups attached to an aromatic ring is 1. The summed E-state index contributed by atoms with van der Waals surface area (Å²) in [6.45, 7) is 2.02. The van der Waals surface area contributed by atoms with E-state index in [0.29, 0.717) is 6.61 Å². The van der Waals surface area contributed by atoms with Crippen LogP contribution in [0.4, 0.5) is 5.82 Å². The van der Waals surface area contributed by atoms with E-state index in [2.05, 4.69) is 9.71 Å². The Balaban J connectivity index is 2.86. The molecule has 1 unspecified atom stereocenters. The molecule has 0 fully saturated rings. The lowest BCUT2D eigenvalue weighted by molar-refractivity contribution is 0.180. The average Bonchev–Trinajstić information content (AvgIpc) is 2.17. The van der Waals surface area contributed by atoms with Gasteiger partial charge in [0.1, 0.15) is 5.82 Å². The minimum Gasteiger partial charge on any atom is -0.384 e. The summed E-state index contributed by atoms with van der Waals surface area (Å²) in [7, 11) is -2.05. The van der Waals surface area contributed by atoms with E-state index in [-0.39, 0.29) is 16.8 Å². The van der Waals surface area contributed by atoms with Crippen LogP contribution in [0.1, 0.15) is 6.92 Å². The van der Waals surface area contributed by atoms with Crippen molar-refractivity contribution in [2.24, 2.45) is 0 Å². The van der Waals surface area contributed by atoms with Crippen LogP contribution in [-0.4, -0.2) is 33.2 Å². The summed E-state index contributed by atoms with van der Waals surface area (Å²) in [6, 6.07) is 2.39. The topological polar surface area (TPSA) is 94.3 Å². The highest BCUT2D eigenvalue weighted by Crippen LogP contribution is 2.10. The molecule has 16 heavy (non-hydrogen) atoms. The Kier molecular flexibility index (Phi) is 4.22. The maximum atomic E-state index is 11.8. The van der Waals surface area contributed by atoms with Gasteiger partial charge in [0, 0.05) is 25.4 Å². The number of hydrogen-bond donors (Lipinski definition) is 2. The van der Waals surface area contributed by atoms with Crippen molar-refractivity contribution < 1.29 is 13.2 Å². The molecule has 0 aliphatic carbocycles. The van der Waals surface area contributed by atoms with Crippen molar-refractivity contribution in [2.75, 3.05) is 19.5 Å². The zero-order chi connectivity index (χ0) is 12.2. The second kappa shape index (κ2) is 5.24. The van der Waals surface area contributed by atoms with E-state index in [1.807, 2.05) is 0 Å². The molecule has 0 aliphatic heterocycles. The van der Waals surface area contributed by atoms with Crippen molar-refractivity contribution in [3.63, 3.8) is 0 Å². The lowest BCUT2D eigenvalue weighted by Gasteiger charge is -2.13. The first kappa shape index (κ1) is 12.9. The minimum atomic E-state index is -3.55. The Morgan fingerprint density at radius 1 is 1.62 bits per heavy atom. The summed E-state index contributed by atoms with van der Waals surface area (Å²) in [6.07, 6.45) is 1.35. The molecule has 1 atom stereocenters. The SMILES string of the molecule is COCC(C)NS(=O)(=O)c1ccnc(N)c1. The van der Waals surface area contributed by atoms with Crippen LogP contribution < -0.4 is 10.5 Å². The lowest BCUT2D eigenvalue weighted by atomic mass is 10.4. The van der Waals surface area contributed by atoms with Crippen molar-refractivity contribution in [3.8, 4) is 0 Å². The van der Waals surface area contributed by atoms with Crippen molar-refractivity contribution in [1.29, 1.82) is 0 Å². The number of aromatic nitrogens is 1. The third-order valence-electron chi connectivity index (χ3n) is 1.84. The number of methoxy groups -OCH3 is 1. The Labute approximate surface area is 94.9 Å². The van der Waals surface area contributed by atoms with E-state index in [0.717, 1.165) is 0 Å². The Morgan fingerprint density at radius 2 is 2.31 bits per heavy atom. The van der Waals surface area contributed by atoms with Gasteiger partial charge in [-0.05, 0) is 13.0 Å². The van der Waals surface area contributed by atoms with Crippen LogP contribution in [0, 0.1) is 0 Å². The molecule has 0 aliphatic rings. The zero-order valence-electron chi connectivity index (χ0n) is 9.17. The van der Waals surface area contributed by atoms with Crippen molar-refractivity contribution >= 4 is 15.8 Å². The highest BCUT2D eigenvalue weighted by atomic mass is 32.2. The Bertz CT molecular complexity index is 447. The molecule has 7 heteroatoms. The Hall–Kier alpha value is -1.18. The molecule has 1 heterocycles. The van der Waals surface area contributed by atoms with Gasteiger partial charge in [-0.1, -0.05) is 0 Å². The summed E-state index contributed by atoms with van der Waals surface area (Å²) in [4.78, 5) is 3.83. The summed E-state index contributed by atoms with van der Waals surface area (Å²) in [5, 5.41) is 0. The fourth-order valence-electron chi connectivity index (χ4n) is 1.21. The second-order valence-electron chi connectivity index (χ2n) is 3.39. The molecule has 0 radical (unpaired) electrons. The van der Waals surface area contributed by atoms with Gasteiger partial charge in [0.25, 0.3) is 0 Å². The highest BCUT2D eigenvalue weighted by Gasteiger charge is 2.17. The quantitative estimate of drug-likeness (QED) is 0.760. The highest BCUT2D eigenvalue weighted by molar-refractivity contribution is 7.89. The molecule has 6 nitrogen and oxygen atoms in total. The summed E-state index contributed by atoms with van der Waals surface area (Å²) in [5.74, 6) is 0.169. The van der Waals surface area contributed by atoms with Crippen LogP contribution in [0.2, 0.25) is 0 Å². The van der Waals surface area contributed by atoms with Crippen LogP contribution in [0.3, 0.4) is 0 Å². The van der Waals surface area contributed by atoms with E-state index in [1.165, 1.54) is 25.4 Å². The molecule has 3 N–H and O–H groups in total. The molecule has 0 amide bonds. The molecule has 0 spiro atoms. The molecule has 0 aromatic carbocycles. The second-order valence-corrected chi connectivity index (χ2v) is 5.11. The van der Waals surface area contributed by atoms with Crippen LogP contribution in [0.25, 0.3) is 0 Å². The van der Waals surface area contributed by atoms with E-state index in [4.69, 9.17) is 10.5 Å². The molecule has 1 aromatic heterocycles. The molecule has 0 bridgehead atoms. The largest absolute Gasteiger partial charge is 0.384 e. The number of sulfonamides is 1. The van der Waals surface area contributed by atoms with Crippen molar-refractivity contribution in [1.82, 2.24) is 9.71 Å². The number of nitrogens with two attached hydrogens (primary N) is 1. The normalized spacial score (nSPS) is 13.6. The predicted molar refractivity (Wildman–Crippen MR) is 60.3 cm³/mol. The summed E-state index contributed by atoms with van der Waals surface area (Å²) < 4.78 is 30.9. The molecule has 0 saturated carbocycles. The van der Waals surface area contributed by atoms with Crippen molar-refractivity contribution in [2.45, 2.75) is 17.9 Å². The summed E-state index contributed by atoms with van der Waals surface area (Å²) in [5.41, 5.74) is 5.42. The first-order valence-corrected chi connectivity index (χ1v) is 6.17.